The first-order valence-corrected chi connectivity index (χ1v) is 12.3. The summed E-state index contributed by atoms with van der Waals surface area (Å²) in [5, 5.41) is 5.55. The van der Waals surface area contributed by atoms with Crippen LogP contribution in [0.3, 0.4) is 0 Å². The van der Waals surface area contributed by atoms with Gasteiger partial charge in [-0.1, -0.05) is 35.9 Å². The van der Waals surface area contributed by atoms with E-state index in [2.05, 4.69) is 4.90 Å². The zero-order valence-electron chi connectivity index (χ0n) is 20.2. The van der Waals surface area contributed by atoms with Gasteiger partial charge in [-0.3, -0.25) is 4.79 Å². The molecule has 8 nitrogen and oxygen atoms in total. The molecular weight excluding hydrogens is 490 g/mol. The molecule has 1 saturated heterocycles. The lowest BCUT2D eigenvalue weighted by Gasteiger charge is -2.36. The molecule has 0 saturated carbocycles. The zero-order chi connectivity index (χ0) is 25.4. The highest BCUT2D eigenvalue weighted by Gasteiger charge is 2.25. The number of ether oxygens (including phenoxy) is 1. The molecule has 1 amide bonds. The second-order valence-corrected chi connectivity index (χ2v) is 9.27. The van der Waals surface area contributed by atoms with Gasteiger partial charge in [0.1, 0.15) is 17.8 Å². The van der Waals surface area contributed by atoms with Crippen LogP contribution in [-0.2, 0) is 0 Å². The number of hydrogen-bond donors (Lipinski definition) is 0. The third-order valence-electron chi connectivity index (χ3n) is 6.55. The van der Waals surface area contributed by atoms with Crippen molar-refractivity contribution < 1.29 is 13.9 Å². The van der Waals surface area contributed by atoms with Crippen molar-refractivity contribution in [1.29, 1.82) is 0 Å². The summed E-state index contributed by atoms with van der Waals surface area (Å²) in [6.45, 7) is 2.49. The standard InChI is InChI=1S/C28H24ClN5O3/c1-36-23-7-3-5-20(15-23)24-17-27(32-9-11-33(12-10-32)28(35)21-8-13-37-18-21)34-26(30-24)16-25(31-34)19-4-2-6-22(29)14-19/h2-8,13-18H,9-12H2,1H3. The molecule has 3 aromatic heterocycles. The fraction of sp³-hybridized carbons (Fsp3) is 0.179. The van der Waals surface area contributed by atoms with Crippen molar-refractivity contribution in [2.45, 2.75) is 0 Å². The lowest BCUT2D eigenvalue weighted by Crippen LogP contribution is -2.49. The first-order valence-electron chi connectivity index (χ1n) is 12.0. The number of piperazine rings is 1. The van der Waals surface area contributed by atoms with Gasteiger partial charge in [0, 0.05) is 54.5 Å². The molecule has 1 fully saturated rings. The van der Waals surface area contributed by atoms with Crippen LogP contribution in [0.1, 0.15) is 10.4 Å². The van der Waals surface area contributed by atoms with Crippen molar-refractivity contribution in [3.63, 3.8) is 0 Å². The Balaban J connectivity index is 1.39. The number of hydrogen-bond acceptors (Lipinski definition) is 6. The second kappa shape index (κ2) is 9.63. The van der Waals surface area contributed by atoms with Gasteiger partial charge in [0.2, 0.25) is 0 Å². The van der Waals surface area contributed by atoms with Crippen molar-refractivity contribution in [3.8, 4) is 28.3 Å². The highest BCUT2D eigenvalue weighted by atomic mass is 35.5. The van der Waals surface area contributed by atoms with E-state index < -0.39 is 0 Å². The van der Waals surface area contributed by atoms with Crippen molar-refractivity contribution in [3.05, 3.63) is 89.8 Å². The first kappa shape index (κ1) is 23.1. The zero-order valence-corrected chi connectivity index (χ0v) is 20.9. The Morgan fingerprint density at radius 2 is 1.73 bits per heavy atom. The topological polar surface area (TPSA) is 76.1 Å². The summed E-state index contributed by atoms with van der Waals surface area (Å²) in [5.74, 6) is 1.65. The van der Waals surface area contributed by atoms with Crippen LogP contribution in [0.4, 0.5) is 5.82 Å². The van der Waals surface area contributed by atoms with Gasteiger partial charge in [0.05, 0.1) is 30.3 Å². The minimum absolute atomic E-state index is 0.0207. The van der Waals surface area contributed by atoms with Gasteiger partial charge in [-0.25, -0.2) is 4.98 Å². The molecule has 186 valence electrons. The summed E-state index contributed by atoms with van der Waals surface area (Å²) in [7, 11) is 1.65. The van der Waals surface area contributed by atoms with Crippen LogP contribution in [0, 0.1) is 0 Å². The Morgan fingerprint density at radius 3 is 2.46 bits per heavy atom. The number of amides is 1. The van der Waals surface area contributed by atoms with E-state index in [0.717, 1.165) is 39.7 Å². The Hall–Kier alpha value is -4.30. The van der Waals surface area contributed by atoms with E-state index in [1.165, 1.54) is 12.5 Å². The maximum absolute atomic E-state index is 12.8. The molecule has 6 rings (SSSR count). The van der Waals surface area contributed by atoms with E-state index in [-0.39, 0.29) is 5.91 Å². The normalized spacial score (nSPS) is 13.8. The molecule has 9 heteroatoms. The number of halogens is 1. The fourth-order valence-corrected chi connectivity index (χ4v) is 4.80. The molecule has 5 aromatic rings. The maximum atomic E-state index is 12.8. The van der Waals surface area contributed by atoms with Crippen LogP contribution in [0.15, 0.2) is 83.7 Å². The third kappa shape index (κ3) is 4.51. The van der Waals surface area contributed by atoms with E-state index in [0.29, 0.717) is 36.8 Å². The molecule has 0 unspecified atom stereocenters. The molecule has 0 radical (unpaired) electrons. The van der Waals surface area contributed by atoms with Gasteiger partial charge >= 0.3 is 0 Å². The predicted molar refractivity (Wildman–Crippen MR) is 142 cm³/mol. The largest absolute Gasteiger partial charge is 0.497 e. The predicted octanol–water partition coefficient (Wildman–Crippen LogP) is 5.28. The minimum Gasteiger partial charge on any atom is -0.497 e. The Bertz CT molecular complexity index is 1570. The number of carbonyl (C=O) groups excluding carboxylic acids is 1. The number of benzene rings is 2. The summed E-state index contributed by atoms with van der Waals surface area (Å²) in [5.41, 5.74) is 4.76. The first-order chi connectivity index (χ1) is 18.1. The average molecular weight is 514 g/mol. The quantitative estimate of drug-likeness (QED) is 0.318. The van der Waals surface area contributed by atoms with Crippen LogP contribution in [0.25, 0.3) is 28.2 Å². The van der Waals surface area contributed by atoms with Crippen molar-refractivity contribution in [2.24, 2.45) is 0 Å². The lowest BCUT2D eigenvalue weighted by molar-refractivity contribution is 0.0745. The molecule has 4 heterocycles. The smallest absolute Gasteiger partial charge is 0.257 e. The number of furan rings is 1. The summed E-state index contributed by atoms with van der Waals surface area (Å²) < 4.78 is 12.4. The van der Waals surface area contributed by atoms with Crippen molar-refractivity contribution >= 4 is 29.0 Å². The lowest BCUT2D eigenvalue weighted by atomic mass is 10.1. The van der Waals surface area contributed by atoms with Gasteiger partial charge < -0.3 is 19.0 Å². The molecule has 37 heavy (non-hydrogen) atoms. The van der Waals surface area contributed by atoms with Crippen molar-refractivity contribution in [2.75, 3.05) is 38.2 Å². The van der Waals surface area contributed by atoms with Crippen LogP contribution >= 0.6 is 11.6 Å². The second-order valence-electron chi connectivity index (χ2n) is 8.83. The Labute approximate surface area is 218 Å². The van der Waals surface area contributed by atoms with Gasteiger partial charge in [-0.2, -0.15) is 9.61 Å². The van der Waals surface area contributed by atoms with E-state index in [9.17, 15) is 4.79 Å². The number of carbonyl (C=O) groups is 1. The van der Waals surface area contributed by atoms with E-state index in [4.69, 9.17) is 30.8 Å². The maximum Gasteiger partial charge on any atom is 0.257 e. The van der Waals surface area contributed by atoms with E-state index in [1.807, 2.05) is 70.1 Å². The fourth-order valence-electron chi connectivity index (χ4n) is 4.61. The number of fused-ring (bicyclic) bond motifs is 1. The monoisotopic (exact) mass is 513 g/mol. The molecule has 1 aliphatic heterocycles. The highest BCUT2D eigenvalue weighted by Crippen LogP contribution is 2.30. The molecule has 0 bridgehead atoms. The van der Waals surface area contributed by atoms with Gasteiger partial charge in [-0.05, 0) is 30.3 Å². The molecule has 1 aliphatic rings. The van der Waals surface area contributed by atoms with Crippen LogP contribution in [0.5, 0.6) is 5.75 Å². The molecule has 0 aliphatic carbocycles. The van der Waals surface area contributed by atoms with Gasteiger partial charge in [-0.15, -0.1) is 0 Å². The number of rotatable bonds is 5. The molecule has 0 atom stereocenters. The van der Waals surface area contributed by atoms with Crippen LogP contribution in [-0.4, -0.2) is 58.7 Å². The SMILES string of the molecule is COc1cccc(-c2cc(N3CCN(C(=O)c4ccoc4)CC3)n3nc(-c4cccc(Cl)c4)cc3n2)c1. The van der Waals surface area contributed by atoms with Gasteiger partial charge in [0.25, 0.3) is 5.91 Å². The molecule has 0 spiro atoms. The summed E-state index contributed by atoms with van der Waals surface area (Å²) in [6, 6.07) is 21.2. The number of methoxy groups -OCH3 is 1. The number of anilines is 1. The van der Waals surface area contributed by atoms with Crippen LogP contribution < -0.4 is 9.64 Å². The summed E-state index contributed by atoms with van der Waals surface area (Å²) in [6.07, 6.45) is 3.01. The summed E-state index contributed by atoms with van der Waals surface area (Å²) in [4.78, 5) is 21.8. The number of aromatic nitrogens is 3. The van der Waals surface area contributed by atoms with Gasteiger partial charge in [0.15, 0.2) is 5.65 Å². The van der Waals surface area contributed by atoms with E-state index >= 15 is 0 Å². The van der Waals surface area contributed by atoms with Crippen molar-refractivity contribution in [1.82, 2.24) is 19.5 Å². The Kier molecular flexibility index (Phi) is 6.02. The molecule has 2 aromatic carbocycles. The molecule has 0 N–H and O–H groups in total. The third-order valence-corrected chi connectivity index (χ3v) is 6.79. The number of nitrogens with zero attached hydrogens (tertiary/aromatic N) is 5. The van der Waals surface area contributed by atoms with E-state index in [1.54, 1.807) is 13.2 Å². The summed E-state index contributed by atoms with van der Waals surface area (Å²) >= 11 is 6.25. The Morgan fingerprint density at radius 1 is 0.946 bits per heavy atom. The highest BCUT2D eigenvalue weighted by molar-refractivity contribution is 6.30. The van der Waals surface area contributed by atoms with Crippen LogP contribution in [0.2, 0.25) is 5.02 Å². The molecular formula is C28H24ClN5O3. The minimum atomic E-state index is -0.0207. The average Bonchev–Trinajstić information content (AvgIpc) is 3.63.